The lowest BCUT2D eigenvalue weighted by molar-refractivity contribution is 0.0628. The summed E-state index contributed by atoms with van der Waals surface area (Å²) >= 11 is 3.41. The molecule has 2 aliphatic heterocycles. The van der Waals surface area contributed by atoms with Gasteiger partial charge in [-0.05, 0) is 41.5 Å². The average Bonchev–Trinajstić information content (AvgIpc) is 3.10. The quantitative estimate of drug-likeness (QED) is 0.791. The minimum absolute atomic E-state index is 0.127. The molecule has 2 aliphatic rings. The average molecular weight is 401 g/mol. The highest BCUT2D eigenvalue weighted by molar-refractivity contribution is 9.10. The Labute approximate surface area is 156 Å². The molecule has 4 rings (SSSR count). The van der Waals surface area contributed by atoms with Gasteiger partial charge in [0.1, 0.15) is 5.75 Å². The Hall–Kier alpha value is -1.85. The molecular weight excluding hydrogens is 380 g/mol. The summed E-state index contributed by atoms with van der Waals surface area (Å²) in [6.45, 7) is 5.13. The van der Waals surface area contributed by atoms with Gasteiger partial charge in [0.05, 0.1) is 6.61 Å². The van der Waals surface area contributed by atoms with Crippen LogP contribution >= 0.6 is 15.9 Å². The number of halogens is 1. The van der Waals surface area contributed by atoms with E-state index in [-0.39, 0.29) is 5.91 Å². The van der Waals surface area contributed by atoms with Gasteiger partial charge in [-0.1, -0.05) is 28.1 Å². The van der Waals surface area contributed by atoms with E-state index in [2.05, 4.69) is 39.0 Å². The maximum atomic E-state index is 12.6. The predicted octanol–water partition coefficient (Wildman–Crippen LogP) is 3.34. The van der Waals surface area contributed by atoms with E-state index in [9.17, 15) is 4.79 Å². The van der Waals surface area contributed by atoms with Gasteiger partial charge in [0.25, 0.3) is 5.91 Å². The lowest BCUT2D eigenvalue weighted by Crippen LogP contribution is -2.48. The number of piperazine rings is 1. The van der Waals surface area contributed by atoms with E-state index in [4.69, 9.17) is 4.74 Å². The second-order valence-corrected chi connectivity index (χ2v) is 7.53. The minimum atomic E-state index is 0.127. The van der Waals surface area contributed by atoms with Crippen LogP contribution in [0.3, 0.4) is 0 Å². The van der Waals surface area contributed by atoms with Crippen LogP contribution in [0.25, 0.3) is 0 Å². The van der Waals surface area contributed by atoms with Gasteiger partial charge in [-0.25, -0.2) is 0 Å². The molecule has 0 atom stereocenters. The Morgan fingerprint density at radius 2 is 1.80 bits per heavy atom. The van der Waals surface area contributed by atoms with Gasteiger partial charge in [-0.2, -0.15) is 0 Å². The number of ether oxygens (including phenoxy) is 1. The van der Waals surface area contributed by atoms with Gasteiger partial charge < -0.3 is 9.64 Å². The summed E-state index contributed by atoms with van der Waals surface area (Å²) in [5.74, 6) is 1.16. The highest BCUT2D eigenvalue weighted by Gasteiger charge is 2.22. The van der Waals surface area contributed by atoms with E-state index in [0.29, 0.717) is 0 Å². The molecule has 1 saturated heterocycles. The molecule has 4 nitrogen and oxygen atoms in total. The molecule has 0 radical (unpaired) electrons. The van der Waals surface area contributed by atoms with E-state index < -0.39 is 0 Å². The van der Waals surface area contributed by atoms with Crippen molar-refractivity contribution in [1.82, 2.24) is 9.80 Å². The molecule has 1 amide bonds. The van der Waals surface area contributed by atoms with Crippen molar-refractivity contribution in [2.75, 3.05) is 32.8 Å². The van der Waals surface area contributed by atoms with E-state index in [1.54, 1.807) is 0 Å². The number of nitrogens with zero attached hydrogens (tertiary/aromatic N) is 2. The van der Waals surface area contributed by atoms with Crippen LogP contribution in [0.4, 0.5) is 0 Å². The van der Waals surface area contributed by atoms with Crippen molar-refractivity contribution in [3.8, 4) is 5.75 Å². The monoisotopic (exact) mass is 400 g/mol. The molecule has 0 spiro atoms. The Morgan fingerprint density at radius 1 is 1.04 bits per heavy atom. The number of rotatable bonds is 3. The summed E-state index contributed by atoms with van der Waals surface area (Å²) in [5.41, 5.74) is 3.41. The number of amides is 1. The molecule has 2 heterocycles. The summed E-state index contributed by atoms with van der Waals surface area (Å²) in [6, 6.07) is 14.1. The molecule has 5 heteroatoms. The summed E-state index contributed by atoms with van der Waals surface area (Å²) in [4.78, 5) is 17.0. The van der Waals surface area contributed by atoms with Crippen molar-refractivity contribution in [2.45, 2.75) is 13.0 Å². The molecule has 25 heavy (non-hydrogen) atoms. The second kappa shape index (κ2) is 7.18. The zero-order valence-electron chi connectivity index (χ0n) is 14.1. The normalized spacial score (nSPS) is 17.2. The zero-order valence-corrected chi connectivity index (χ0v) is 15.7. The Bertz CT molecular complexity index is 768. The van der Waals surface area contributed by atoms with Crippen molar-refractivity contribution in [3.05, 3.63) is 63.6 Å². The van der Waals surface area contributed by atoms with Crippen LogP contribution < -0.4 is 4.74 Å². The minimum Gasteiger partial charge on any atom is -0.493 e. The molecule has 0 aliphatic carbocycles. The highest BCUT2D eigenvalue weighted by Crippen LogP contribution is 2.26. The summed E-state index contributed by atoms with van der Waals surface area (Å²) < 4.78 is 6.57. The third-order valence-electron chi connectivity index (χ3n) is 4.91. The number of carbonyl (C=O) groups excluding carboxylic acids is 1. The van der Waals surface area contributed by atoms with Crippen molar-refractivity contribution in [3.63, 3.8) is 0 Å². The van der Waals surface area contributed by atoms with Crippen LogP contribution in [0.2, 0.25) is 0 Å². The maximum absolute atomic E-state index is 12.6. The van der Waals surface area contributed by atoms with Crippen LogP contribution in [0, 0.1) is 0 Å². The first-order valence-electron chi connectivity index (χ1n) is 8.71. The van der Waals surface area contributed by atoms with Crippen molar-refractivity contribution in [1.29, 1.82) is 0 Å². The fraction of sp³-hybridized carbons (Fsp3) is 0.350. The van der Waals surface area contributed by atoms with Gasteiger partial charge >= 0.3 is 0 Å². The van der Waals surface area contributed by atoms with Crippen molar-refractivity contribution < 1.29 is 9.53 Å². The molecule has 0 bridgehead atoms. The first-order valence-corrected chi connectivity index (χ1v) is 9.50. The van der Waals surface area contributed by atoms with E-state index in [0.717, 1.165) is 61.5 Å². The van der Waals surface area contributed by atoms with Crippen LogP contribution in [-0.2, 0) is 13.0 Å². The summed E-state index contributed by atoms with van der Waals surface area (Å²) in [5, 5.41) is 0. The van der Waals surface area contributed by atoms with Gasteiger partial charge in [-0.15, -0.1) is 0 Å². The Kier molecular flexibility index (Phi) is 4.77. The summed E-state index contributed by atoms with van der Waals surface area (Å²) in [6.07, 6.45) is 1.01. The third-order valence-corrected chi connectivity index (χ3v) is 5.44. The number of hydrogen-bond donors (Lipinski definition) is 0. The molecule has 0 N–H and O–H groups in total. The lowest BCUT2D eigenvalue weighted by atomic mass is 10.1. The van der Waals surface area contributed by atoms with Gasteiger partial charge in [0.2, 0.25) is 0 Å². The van der Waals surface area contributed by atoms with Gasteiger partial charge in [-0.3, -0.25) is 9.69 Å². The van der Waals surface area contributed by atoms with E-state index >= 15 is 0 Å². The molecule has 2 aromatic rings. The topological polar surface area (TPSA) is 32.8 Å². The highest BCUT2D eigenvalue weighted by atomic mass is 79.9. The first-order chi connectivity index (χ1) is 12.2. The van der Waals surface area contributed by atoms with E-state index in [1.165, 1.54) is 11.1 Å². The molecule has 0 saturated carbocycles. The number of carbonyl (C=O) groups is 1. The predicted molar refractivity (Wildman–Crippen MR) is 101 cm³/mol. The fourth-order valence-electron chi connectivity index (χ4n) is 3.48. The Morgan fingerprint density at radius 3 is 2.56 bits per heavy atom. The van der Waals surface area contributed by atoms with Gasteiger partial charge in [0.15, 0.2) is 0 Å². The number of hydrogen-bond acceptors (Lipinski definition) is 3. The molecule has 0 aromatic heterocycles. The first kappa shape index (κ1) is 16.6. The van der Waals surface area contributed by atoms with Crippen LogP contribution in [0.5, 0.6) is 5.75 Å². The van der Waals surface area contributed by atoms with Crippen LogP contribution in [0.15, 0.2) is 46.9 Å². The largest absolute Gasteiger partial charge is 0.493 e. The van der Waals surface area contributed by atoms with E-state index in [1.807, 2.05) is 29.2 Å². The molecule has 2 aromatic carbocycles. The fourth-order valence-corrected chi connectivity index (χ4v) is 3.74. The third kappa shape index (κ3) is 3.72. The van der Waals surface area contributed by atoms with Crippen LogP contribution in [-0.4, -0.2) is 48.5 Å². The Balaban J connectivity index is 1.33. The molecular formula is C20H21BrN2O2. The maximum Gasteiger partial charge on any atom is 0.253 e. The molecule has 130 valence electrons. The second-order valence-electron chi connectivity index (χ2n) is 6.62. The number of fused-ring (bicyclic) bond motifs is 1. The van der Waals surface area contributed by atoms with Gasteiger partial charge in [0, 0.05) is 49.2 Å². The smallest absolute Gasteiger partial charge is 0.253 e. The van der Waals surface area contributed by atoms with Crippen molar-refractivity contribution >= 4 is 21.8 Å². The SMILES string of the molecule is O=C(c1ccc(Br)cc1)N1CCN(Cc2ccc3c(c2)CCO3)CC1. The zero-order chi connectivity index (χ0) is 17.2. The molecule has 1 fully saturated rings. The lowest BCUT2D eigenvalue weighted by Gasteiger charge is -2.34. The summed E-state index contributed by atoms with van der Waals surface area (Å²) in [7, 11) is 0. The van der Waals surface area contributed by atoms with Crippen LogP contribution in [0.1, 0.15) is 21.5 Å². The standard InChI is InChI=1S/C20H21BrN2O2/c21-18-4-2-16(3-5-18)20(24)23-10-8-22(9-11-23)14-15-1-6-19-17(13-15)7-12-25-19/h1-6,13H,7-12,14H2. The number of benzene rings is 2. The molecule has 0 unspecified atom stereocenters. The van der Waals surface area contributed by atoms with Crippen molar-refractivity contribution in [2.24, 2.45) is 0 Å².